The monoisotopic (exact) mass is 189 g/mol. The largest absolute Gasteiger partial charge is 0.412 e. The molecule has 0 bridgehead atoms. The second-order valence-corrected chi connectivity index (χ2v) is 2.92. The molecule has 0 heterocycles. The predicted octanol–water partition coefficient (Wildman–Crippen LogP) is -4.15. The summed E-state index contributed by atoms with van der Waals surface area (Å²) in [4.78, 5) is 0. The van der Waals surface area contributed by atoms with E-state index >= 15 is 0 Å². The Labute approximate surface area is 65.7 Å². The van der Waals surface area contributed by atoms with Crippen LogP contribution in [0.15, 0.2) is 0 Å². The molecule has 2 radical (unpaired) electrons. The van der Waals surface area contributed by atoms with E-state index in [4.69, 9.17) is 18.1 Å². The second kappa shape index (κ2) is 7.92. The first-order valence-electron chi connectivity index (χ1n) is 1.90. The van der Waals surface area contributed by atoms with Crippen LogP contribution in [0, 0.1) is 0 Å². The lowest BCUT2D eigenvalue weighted by Crippen LogP contribution is -2.29. The highest BCUT2D eigenvalue weighted by Gasteiger charge is 2.12. The van der Waals surface area contributed by atoms with Crippen molar-refractivity contribution in [1.29, 1.82) is 0 Å². The van der Waals surface area contributed by atoms with Crippen molar-refractivity contribution >= 4 is 18.0 Å². The average Bonchev–Trinajstić information content (AvgIpc) is 1.62. The van der Waals surface area contributed by atoms with Gasteiger partial charge in [0.1, 0.15) is 0 Å². The van der Waals surface area contributed by atoms with E-state index in [9.17, 15) is 8.42 Å². The molecule has 0 saturated heterocycles. The number of hydrogen-bond acceptors (Lipinski definition) is 3. The minimum Gasteiger partial charge on any atom is -0.412 e. The molecule has 70 valence electrons. The number of hydrogen-bond donors (Lipinski definition) is 2. The van der Waals surface area contributed by atoms with Crippen LogP contribution in [0.1, 0.15) is 0 Å². The zero-order valence-corrected chi connectivity index (χ0v) is 6.43. The third-order valence-electron chi connectivity index (χ3n) is 0.615. The van der Waals surface area contributed by atoms with E-state index in [-0.39, 0.29) is 23.0 Å². The normalized spacial score (nSPS) is 11.5. The third kappa shape index (κ3) is 9.81. The highest BCUT2D eigenvalue weighted by molar-refractivity contribution is 7.87. The molecule has 0 aromatic heterocycles. The van der Waals surface area contributed by atoms with Gasteiger partial charge in [0.05, 0.1) is 13.0 Å². The van der Waals surface area contributed by atoms with E-state index in [0.717, 1.165) is 0 Å². The van der Waals surface area contributed by atoms with Gasteiger partial charge in [-0.2, -0.15) is 0 Å². The summed E-state index contributed by atoms with van der Waals surface area (Å²) in [6.45, 7) is -0.265. The fourth-order valence-electron chi connectivity index (χ4n) is 0.122. The minimum absolute atomic E-state index is 0. The van der Waals surface area contributed by atoms with Gasteiger partial charge < -0.3 is 22.2 Å². The highest BCUT2D eigenvalue weighted by atomic mass is 32.2. The van der Waals surface area contributed by atoms with Crippen LogP contribution in [0.4, 0.5) is 0 Å². The quantitative estimate of drug-likeness (QED) is 0.331. The van der Waals surface area contributed by atoms with Crippen LogP contribution in [0.5, 0.6) is 0 Å². The van der Waals surface area contributed by atoms with Crippen molar-refractivity contribution in [3.05, 3.63) is 0 Å². The molecule has 0 spiro atoms. The van der Waals surface area contributed by atoms with E-state index in [1.165, 1.54) is 0 Å². The lowest BCUT2D eigenvalue weighted by molar-refractivity contribution is 0.479. The maximum absolute atomic E-state index is 9.91. The molecule has 0 aliphatic carbocycles. The Bertz CT molecular complexity index is 156. The van der Waals surface area contributed by atoms with Crippen molar-refractivity contribution < 1.29 is 29.4 Å². The maximum atomic E-state index is 9.91. The van der Waals surface area contributed by atoms with Crippen LogP contribution in [0.2, 0.25) is 0 Å². The molecule has 9 N–H and O–H groups in total. The van der Waals surface area contributed by atoms with Gasteiger partial charge in [-0.25, -0.2) is 8.42 Å². The second-order valence-electron chi connectivity index (χ2n) is 1.29. The lowest BCUT2D eigenvalue weighted by atomic mass is 10.1. The van der Waals surface area contributed by atoms with Gasteiger partial charge in [-0.05, 0) is 0 Å². The molecule has 1 unspecified atom stereocenters. The van der Waals surface area contributed by atoms with Gasteiger partial charge in [0.15, 0.2) is 0 Å². The molecule has 0 rings (SSSR count). The molecule has 0 aliphatic heterocycles. The predicted molar refractivity (Wildman–Crippen MR) is 41.0 cm³/mol. The zero-order chi connectivity index (χ0) is 6.78. The molecule has 11 heavy (non-hydrogen) atoms. The summed E-state index contributed by atoms with van der Waals surface area (Å²) in [5.74, 6) is 0. The highest BCUT2D eigenvalue weighted by Crippen LogP contribution is 1.87. The fraction of sp³-hybridized carbons (Fsp3) is 1.00. The molecule has 0 fully saturated rings. The van der Waals surface area contributed by atoms with Crippen molar-refractivity contribution in [3.63, 3.8) is 0 Å². The van der Waals surface area contributed by atoms with Gasteiger partial charge in [-0.1, -0.05) is 0 Å². The van der Waals surface area contributed by atoms with E-state index in [0.29, 0.717) is 0 Å². The SMILES string of the molecule is O.O.O.[B]C(CN)S(=O)(=O)O. The molecule has 0 aromatic carbocycles. The fourth-order valence-corrected chi connectivity index (χ4v) is 0.365. The summed E-state index contributed by atoms with van der Waals surface area (Å²) in [6.07, 6.45) is 0. The Kier molecular flexibility index (Phi) is 16.1. The van der Waals surface area contributed by atoms with Gasteiger partial charge in [-0.15, -0.1) is 0 Å². The Hall–Kier alpha value is -0.185. The van der Waals surface area contributed by atoms with Crippen LogP contribution in [0.3, 0.4) is 0 Å². The molecule has 0 amide bonds. The Morgan fingerprint density at radius 1 is 1.36 bits per heavy atom. The summed E-state index contributed by atoms with van der Waals surface area (Å²) in [7, 11) is 0.687. The first-order chi connectivity index (χ1) is 3.48. The van der Waals surface area contributed by atoms with Gasteiger partial charge in [0.25, 0.3) is 10.1 Å². The van der Waals surface area contributed by atoms with Gasteiger partial charge >= 0.3 is 0 Å². The third-order valence-corrected chi connectivity index (χ3v) is 1.57. The van der Waals surface area contributed by atoms with Crippen LogP contribution >= 0.6 is 0 Å². The number of nitrogens with two attached hydrogens (primary N) is 1. The van der Waals surface area contributed by atoms with Crippen molar-refractivity contribution in [2.45, 2.75) is 5.15 Å². The van der Waals surface area contributed by atoms with Crippen molar-refractivity contribution in [2.24, 2.45) is 5.73 Å². The molecule has 1 atom stereocenters. The summed E-state index contributed by atoms with van der Waals surface area (Å²) in [5, 5.41) is -1.34. The van der Waals surface area contributed by atoms with Gasteiger partial charge in [-0.3, -0.25) is 4.55 Å². The molecule has 7 nitrogen and oxygen atoms in total. The van der Waals surface area contributed by atoms with Crippen molar-refractivity contribution in [1.82, 2.24) is 0 Å². The first-order valence-corrected chi connectivity index (χ1v) is 3.40. The van der Waals surface area contributed by atoms with E-state index in [1.54, 1.807) is 0 Å². The average molecular weight is 189 g/mol. The summed E-state index contributed by atoms with van der Waals surface area (Å²) >= 11 is 0. The van der Waals surface area contributed by atoms with Crippen molar-refractivity contribution in [2.75, 3.05) is 6.54 Å². The molecule has 0 aliphatic rings. The van der Waals surface area contributed by atoms with Gasteiger partial charge in [0, 0.05) is 6.54 Å². The van der Waals surface area contributed by atoms with Crippen LogP contribution in [-0.4, -0.2) is 48.9 Å². The smallest absolute Gasteiger partial charge is 0.260 e. The standard InChI is InChI=1S/C2H6BNO3S.3H2O/c3-2(1-4)8(5,6)7;;;/h2H,1,4H2,(H,5,6,7);3*1H2. The lowest BCUT2D eigenvalue weighted by Gasteiger charge is -2.01. The van der Waals surface area contributed by atoms with E-state index < -0.39 is 15.3 Å². The Balaban J connectivity index is -0.0000000817. The van der Waals surface area contributed by atoms with Crippen LogP contribution < -0.4 is 5.73 Å². The summed E-state index contributed by atoms with van der Waals surface area (Å²) < 4.78 is 27.9. The van der Waals surface area contributed by atoms with Crippen LogP contribution in [-0.2, 0) is 10.1 Å². The Morgan fingerprint density at radius 2 is 1.64 bits per heavy atom. The molecule has 0 aromatic rings. The first kappa shape index (κ1) is 22.4. The van der Waals surface area contributed by atoms with Crippen LogP contribution in [0.25, 0.3) is 0 Å². The van der Waals surface area contributed by atoms with E-state index in [2.05, 4.69) is 0 Å². The molecular formula is C2H12BNO6S. The summed E-state index contributed by atoms with van der Waals surface area (Å²) in [6, 6.07) is 0. The molecular weight excluding hydrogens is 177 g/mol. The van der Waals surface area contributed by atoms with Crippen molar-refractivity contribution in [3.8, 4) is 0 Å². The Morgan fingerprint density at radius 3 is 1.64 bits per heavy atom. The molecule has 0 saturated carbocycles. The minimum atomic E-state index is -4.10. The maximum Gasteiger partial charge on any atom is 0.260 e. The van der Waals surface area contributed by atoms with E-state index in [1.807, 2.05) is 0 Å². The molecule has 9 heteroatoms. The zero-order valence-electron chi connectivity index (χ0n) is 5.61. The topological polar surface area (TPSA) is 175 Å². The summed E-state index contributed by atoms with van der Waals surface area (Å²) in [5.41, 5.74) is 4.79. The number of rotatable bonds is 2. The van der Waals surface area contributed by atoms with Gasteiger partial charge in [0.2, 0.25) is 0 Å².